The smallest absolute Gasteiger partial charge is 0.324 e. The minimum Gasteiger partial charge on any atom is -0.371 e. The normalized spacial score (nSPS) is 21.5. The van der Waals surface area contributed by atoms with Crippen LogP contribution in [0.3, 0.4) is 0 Å². The van der Waals surface area contributed by atoms with Gasteiger partial charge in [0.25, 0.3) is 5.91 Å². The number of anilines is 1. The summed E-state index contributed by atoms with van der Waals surface area (Å²) in [6, 6.07) is 7.38. The van der Waals surface area contributed by atoms with E-state index in [1.165, 1.54) is 0 Å². The standard InChI is InChI=1S/C14H16ClN3O2/c1-17-13(20)16-12(19)14(17)6-8-18(9-7-14)11-4-2-10(15)3-5-11/h2-5H,6-9H2,1H3,(H,16,19,20). The number of amides is 3. The Morgan fingerprint density at radius 3 is 2.25 bits per heavy atom. The van der Waals surface area contributed by atoms with Crippen molar-refractivity contribution in [2.45, 2.75) is 18.4 Å². The molecule has 1 spiro atoms. The van der Waals surface area contributed by atoms with Gasteiger partial charge in [-0.05, 0) is 37.1 Å². The van der Waals surface area contributed by atoms with Gasteiger partial charge in [0.2, 0.25) is 0 Å². The molecule has 2 aliphatic heterocycles. The highest BCUT2D eigenvalue weighted by atomic mass is 35.5. The van der Waals surface area contributed by atoms with Crippen molar-refractivity contribution in [3.05, 3.63) is 29.3 Å². The molecular weight excluding hydrogens is 278 g/mol. The van der Waals surface area contributed by atoms with Crippen LogP contribution in [0.2, 0.25) is 5.02 Å². The summed E-state index contributed by atoms with van der Waals surface area (Å²) < 4.78 is 0. The molecule has 2 heterocycles. The van der Waals surface area contributed by atoms with E-state index in [2.05, 4.69) is 10.2 Å². The fourth-order valence-electron chi connectivity index (χ4n) is 2.99. The summed E-state index contributed by atoms with van der Waals surface area (Å²) in [6.07, 6.45) is 1.29. The van der Waals surface area contributed by atoms with Crippen molar-refractivity contribution in [2.75, 3.05) is 25.0 Å². The molecule has 5 nitrogen and oxygen atoms in total. The average molecular weight is 294 g/mol. The zero-order chi connectivity index (χ0) is 14.3. The van der Waals surface area contributed by atoms with Crippen LogP contribution in [0.15, 0.2) is 24.3 Å². The molecule has 1 N–H and O–H groups in total. The van der Waals surface area contributed by atoms with Crippen molar-refractivity contribution in [1.82, 2.24) is 10.2 Å². The van der Waals surface area contributed by atoms with Gasteiger partial charge in [-0.2, -0.15) is 0 Å². The predicted octanol–water partition coefficient (Wildman–Crippen LogP) is 1.86. The quantitative estimate of drug-likeness (QED) is 0.804. The maximum atomic E-state index is 12.1. The molecule has 20 heavy (non-hydrogen) atoms. The number of hydrogen-bond acceptors (Lipinski definition) is 3. The van der Waals surface area contributed by atoms with Gasteiger partial charge in [-0.3, -0.25) is 10.1 Å². The van der Waals surface area contributed by atoms with Crippen LogP contribution in [-0.4, -0.2) is 42.5 Å². The molecule has 1 aromatic carbocycles. The lowest BCUT2D eigenvalue weighted by molar-refractivity contribution is -0.127. The van der Waals surface area contributed by atoms with E-state index in [4.69, 9.17) is 11.6 Å². The molecule has 2 saturated heterocycles. The van der Waals surface area contributed by atoms with Crippen molar-refractivity contribution in [1.29, 1.82) is 0 Å². The molecule has 0 unspecified atom stereocenters. The number of piperidine rings is 1. The number of carbonyl (C=O) groups is 2. The van der Waals surface area contributed by atoms with E-state index in [-0.39, 0.29) is 11.9 Å². The summed E-state index contributed by atoms with van der Waals surface area (Å²) in [4.78, 5) is 27.4. The monoisotopic (exact) mass is 293 g/mol. The van der Waals surface area contributed by atoms with E-state index in [0.29, 0.717) is 17.9 Å². The zero-order valence-corrected chi connectivity index (χ0v) is 12.0. The van der Waals surface area contributed by atoms with Crippen molar-refractivity contribution in [3.8, 4) is 0 Å². The lowest BCUT2D eigenvalue weighted by Gasteiger charge is -2.41. The van der Waals surface area contributed by atoms with Crippen LogP contribution < -0.4 is 10.2 Å². The lowest BCUT2D eigenvalue weighted by Crippen LogP contribution is -2.55. The number of carbonyl (C=O) groups excluding carboxylic acids is 2. The number of nitrogens with zero attached hydrogens (tertiary/aromatic N) is 2. The van der Waals surface area contributed by atoms with Gasteiger partial charge in [0.15, 0.2) is 0 Å². The van der Waals surface area contributed by atoms with Crippen molar-refractivity contribution in [2.24, 2.45) is 0 Å². The summed E-state index contributed by atoms with van der Waals surface area (Å²) in [5.41, 5.74) is 0.427. The molecule has 2 aliphatic rings. The molecular formula is C14H16ClN3O2. The molecule has 0 radical (unpaired) electrons. The van der Waals surface area contributed by atoms with Crippen molar-refractivity contribution >= 4 is 29.2 Å². The molecule has 3 amide bonds. The van der Waals surface area contributed by atoms with Crippen LogP contribution in [0.25, 0.3) is 0 Å². The zero-order valence-electron chi connectivity index (χ0n) is 11.2. The second-order valence-corrected chi connectivity index (χ2v) is 5.75. The van der Waals surface area contributed by atoms with E-state index >= 15 is 0 Å². The highest BCUT2D eigenvalue weighted by molar-refractivity contribution is 6.30. The highest BCUT2D eigenvalue weighted by Crippen LogP contribution is 2.33. The highest BCUT2D eigenvalue weighted by Gasteiger charge is 2.52. The molecule has 0 atom stereocenters. The molecule has 2 fully saturated rings. The first-order valence-electron chi connectivity index (χ1n) is 6.63. The first-order valence-corrected chi connectivity index (χ1v) is 7.00. The van der Waals surface area contributed by atoms with Gasteiger partial charge >= 0.3 is 6.03 Å². The average Bonchev–Trinajstić information content (AvgIpc) is 2.65. The minimum absolute atomic E-state index is 0.166. The second kappa shape index (κ2) is 4.66. The first kappa shape index (κ1) is 13.2. The van der Waals surface area contributed by atoms with E-state index in [1.54, 1.807) is 11.9 Å². The third-order valence-corrected chi connectivity index (χ3v) is 4.62. The Morgan fingerprint density at radius 2 is 1.75 bits per heavy atom. The number of urea groups is 1. The SMILES string of the molecule is CN1C(=O)NC(=O)C12CCN(c1ccc(Cl)cc1)CC2. The third kappa shape index (κ3) is 1.93. The van der Waals surface area contributed by atoms with Gasteiger partial charge < -0.3 is 9.80 Å². The number of imide groups is 1. The number of hydrogen-bond donors (Lipinski definition) is 1. The van der Waals surface area contributed by atoms with Crippen molar-refractivity contribution in [3.63, 3.8) is 0 Å². The molecule has 3 rings (SSSR count). The van der Waals surface area contributed by atoms with E-state index in [0.717, 1.165) is 18.8 Å². The Bertz CT molecular complexity index is 550. The number of rotatable bonds is 1. The van der Waals surface area contributed by atoms with Crippen molar-refractivity contribution < 1.29 is 9.59 Å². The Kier molecular flexibility index (Phi) is 3.09. The maximum absolute atomic E-state index is 12.1. The molecule has 0 saturated carbocycles. The number of nitrogens with one attached hydrogen (secondary N) is 1. The maximum Gasteiger partial charge on any atom is 0.324 e. The number of benzene rings is 1. The molecule has 106 valence electrons. The van der Waals surface area contributed by atoms with Crippen LogP contribution in [0, 0.1) is 0 Å². The van der Waals surface area contributed by atoms with Crippen LogP contribution in [0.1, 0.15) is 12.8 Å². The molecule has 0 aliphatic carbocycles. The van der Waals surface area contributed by atoms with Gasteiger partial charge in [0, 0.05) is 30.8 Å². The topological polar surface area (TPSA) is 52.7 Å². The molecule has 0 bridgehead atoms. The minimum atomic E-state index is -0.667. The molecule has 1 aromatic rings. The van der Waals surface area contributed by atoms with Crippen LogP contribution >= 0.6 is 11.6 Å². The Balaban J connectivity index is 1.75. The fourth-order valence-corrected chi connectivity index (χ4v) is 3.12. The summed E-state index contributed by atoms with van der Waals surface area (Å²) in [5.74, 6) is -0.166. The first-order chi connectivity index (χ1) is 9.53. The number of halogens is 1. The fraction of sp³-hybridized carbons (Fsp3) is 0.429. The Hall–Kier alpha value is -1.75. The molecule has 6 heteroatoms. The second-order valence-electron chi connectivity index (χ2n) is 5.31. The largest absolute Gasteiger partial charge is 0.371 e. The van der Waals surface area contributed by atoms with Crippen LogP contribution in [-0.2, 0) is 4.79 Å². The predicted molar refractivity (Wildman–Crippen MR) is 76.9 cm³/mol. The van der Waals surface area contributed by atoms with Gasteiger partial charge in [-0.25, -0.2) is 4.79 Å². The van der Waals surface area contributed by atoms with Crippen LogP contribution in [0.5, 0.6) is 0 Å². The van der Waals surface area contributed by atoms with E-state index in [1.807, 2.05) is 24.3 Å². The van der Waals surface area contributed by atoms with Gasteiger partial charge in [-0.15, -0.1) is 0 Å². The third-order valence-electron chi connectivity index (χ3n) is 4.37. The lowest BCUT2D eigenvalue weighted by atomic mass is 9.86. The molecule has 0 aromatic heterocycles. The van der Waals surface area contributed by atoms with Gasteiger partial charge in [-0.1, -0.05) is 11.6 Å². The number of likely N-dealkylation sites (N-methyl/N-ethyl adjacent to an activating group) is 1. The van der Waals surface area contributed by atoms with Gasteiger partial charge in [0.05, 0.1) is 0 Å². The summed E-state index contributed by atoms with van der Waals surface area (Å²) in [5, 5.41) is 3.11. The Labute approximate surface area is 122 Å². The van der Waals surface area contributed by atoms with E-state index in [9.17, 15) is 9.59 Å². The van der Waals surface area contributed by atoms with E-state index < -0.39 is 5.54 Å². The summed E-state index contributed by atoms with van der Waals surface area (Å²) in [6.45, 7) is 1.49. The Morgan fingerprint density at radius 1 is 1.15 bits per heavy atom. The van der Waals surface area contributed by atoms with Crippen LogP contribution in [0.4, 0.5) is 10.5 Å². The van der Waals surface area contributed by atoms with Gasteiger partial charge in [0.1, 0.15) is 5.54 Å². The summed E-state index contributed by atoms with van der Waals surface area (Å²) in [7, 11) is 1.69. The summed E-state index contributed by atoms with van der Waals surface area (Å²) >= 11 is 5.89.